The molecule has 0 aromatic carbocycles. The number of rotatable bonds is 6. The van der Waals surface area contributed by atoms with Gasteiger partial charge in [-0.05, 0) is 10.8 Å². The van der Waals surface area contributed by atoms with Gasteiger partial charge in [0.15, 0.2) is 5.69 Å². The Morgan fingerprint density at radius 1 is 1.80 bits per heavy atom. The number of hydrogen-bond acceptors (Lipinski definition) is 5. The summed E-state index contributed by atoms with van der Waals surface area (Å²) in [5.41, 5.74) is 0.406. The Kier molecular flexibility index (Phi) is 4.04. The lowest BCUT2D eigenvalue weighted by Crippen LogP contribution is -2.16. The van der Waals surface area contributed by atoms with Crippen LogP contribution in [0, 0.1) is 16.0 Å². The number of aromatic amines is 1. The summed E-state index contributed by atoms with van der Waals surface area (Å²) >= 11 is 0. The molecule has 1 unspecified atom stereocenters. The highest BCUT2D eigenvalue weighted by atomic mass is 16.6. The van der Waals surface area contributed by atoms with E-state index in [-0.39, 0.29) is 11.7 Å². The number of nitro groups is 1. The first-order valence-corrected chi connectivity index (χ1v) is 4.55. The predicted octanol–water partition coefficient (Wildman–Crippen LogP) is 1.01. The van der Waals surface area contributed by atoms with Crippen molar-refractivity contribution >= 4 is 11.5 Å². The quantitative estimate of drug-likeness (QED) is 0.544. The maximum Gasteiger partial charge on any atom is 0.366 e. The Labute approximate surface area is 87.0 Å². The molecule has 0 aliphatic rings. The second-order valence-electron chi connectivity index (χ2n) is 3.33. The summed E-state index contributed by atoms with van der Waals surface area (Å²) < 4.78 is 4.95. The normalized spacial score (nSPS) is 12.4. The lowest BCUT2D eigenvalue weighted by atomic mass is 10.2. The second kappa shape index (κ2) is 5.30. The summed E-state index contributed by atoms with van der Waals surface area (Å²) in [5.74, 6) is 0.170. The molecule has 0 radical (unpaired) electrons. The molecule has 7 nitrogen and oxygen atoms in total. The van der Waals surface area contributed by atoms with Crippen LogP contribution in [-0.2, 0) is 4.74 Å². The molecular weight excluding hydrogens is 200 g/mol. The number of nitrogens with zero attached hydrogens (tertiary/aromatic N) is 2. The Bertz CT molecular complexity index is 325. The van der Waals surface area contributed by atoms with E-state index in [9.17, 15) is 10.1 Å². The van der Waals surface area contributed by atoms with E-state index in [0.29, 0.717) is 18.8 Å². The molecule has 0 amide bonds. The van der Waals surface area contributed by atoms with Gasteiger partial charge in [0.1, 0.15) is 6.20 Å². The number of ether oxygens (including phenoxy) is 1. The van der Waals surface area contributed by atoms with Crippen molar-refractivity contribution in [2.24, 2.45) is 5.92 Å². The smallest absolute Gasteiger partial charge is 0.366 e. The summed E-state index contributed by atoms with van der Waals surface area (Å²) in [6.07, 6.45) is 1.40. The van der Waals surface area contributed by atoms with Gasteiger partial charge in [0.05, 0.1) is 6.61 Å². The largest absolute Gasteiger partial charge is 0.384 e. The second-order valence-corrected chi connectivity index (χ2v) is 3.33. The van der Waals surface area contributed by atoms with Crippen LogP contribution in [0.15, 0.2) is 6.20 Å². The minimum Gasteiger partial charge on any atom is -0.384 e. The Balaban J connectivity index is 2.50. The molecule has 84 valence electrons. The van der Waals surface area contributed by atoms with E-state index in [1.807, 2.05) is 6.92 Å². The number of methoxy groups -OCH3 is 1. The van der Waals surface area contributed by atoms with Gasteiger partial charge >= 0.3 is 5.82 Å². The Morgan fingerprint density at radius 2 is 2.53 bits per heavy atom. The molecule has 2 N–H and O–H groups in total. The fourth-order valence-corrected chi connectivity index (χ4v) is 1.18. The average Bonchev–Trinajstić information content (AvgIpc) is 2.63. The van der Waals surface area contributed by atoms with Crippen molar-refractivity contribution in [1.82, 2.24) is 10.2 Å². The number of nitrogens with one attached hydrogen (secondary N) is 2. The zero-order chi connectivity index (χ0) is 11.3. The minimum atomic E-state index is -0.504. The molecule has 0 saturated carbocycles. The van der Waals surface area contributed by atoms with Crippen molar-refractivity contribution in [3.8, 4) is 0 Å². The van der Waals surface area contributed by atoms with E-state index in [4.69, 9.17) is 4.74 Å². The topological polar surface area (TPSA) is 93.1 Å². The molecule has 7 heteroatoms. The molecule has 0 aliphatic heterocycles. The zero-order valence-electron chi connectivity index (χ0n) is 8.69. The van der Waals surface area contributed by atoms with Crippen LogP contribution in [0.1, 0.15) is 6.92 Å². The fourth-order valence-electron chi connectivity index (χ4n) is 1.18. The van der Waals surface area contributed by atoms with Crippen LogP contribution in [0.2, 0.25) is 0 Å². The van der Waals surface area contributed by atoms with E-state index in [1.54, 1.807) is 7.11 Å². The molecule has 1 heterocycles. The fraction of sp³-hybridized carbons (Fsp3) is 0.625. The molecule has 1 aromatic rings. The molecule has 1 atom stereocenters. The maximum atomic E-state index is 10.5. The molecule has 1 aromatic heterocycles. The SMILES string of the molecule is COCC(C)CNc1cn[nH]c1[N+](=O)[O-]. The standard InChI is InChI=1S/C8H14N4O3/c1-6(5-15-2)3-9-7-4-10-11-8(7)12(13)14/h4,6,9H,3,5H2,1-2H3,(H,10,11). The summed E-state index contributed by atoms with van der Waals surface area (Å²) in [6.45, 7) is 3.20. The first kappa shape index (κ1) is 11.4. The minimum absolute atomic E-state index is 0.111. The highest BCUT2D eigenvalue weighted by molar-refractivity contribution is 5.55. The van der Waals surface area contributed by atoms with Crippen molar-refractivity contribution in [2.75, 3.05) is 25.6 Å². The summed E-state index contributed by atoms with van der Waals surface area (Å²) in [7, 11) is 1.62. The number of anilines is 1. The van der Waals surface area contributed by atoms with Gasteiger partial charge in [-0.2, -0.15) is 0 Å². The molecule has 0 bridgehead atoms. The van der Waals surface area contributed by atoms with Crippen molar-refractivity contribution in [2.45, 2.75) is 6.92 Å². The number of H-pyrrole nitrogens is 1. The van der Waals surface area contributed by atoms with Gasteiger partial charge in [-0.1, -0.05) is 12.0 Å². The molecule has 0 aliphatic carbocycles. The van der Waals surface area contributed by atoms with E-state index in [0.717, 1.165) is 0 Å². The monoisotopic (exact) mass is 214 g/mol. The molecule has 0 saturated heterocycles. The molecular formula is C8H14N4O3. The van der Waals surface area contributed by atoms with Crippen molar-refractivity contribution < 1.29 is 9.66 Å². The lowest BCUT2D eigenvalue weighted by Gasteiger charge is -2.10. The third kappa shape index (κ3) is 3.21. The van der Waals surface area contributed by atoms with Gasteiger partial charge < -0.3 is 20.2 Å². The van der Waals surface area contributed by atoms with E-state index >= 15 is 0 Å². The zero-order valence-corrected chi connectivity index (χ0v) is 8.69. The first-order valence-electron chi connectivity index (χ1n) is 4.55. The van der Waals surface area contributed by atoms with Crippen LogP contribution in [0.5, 0.6) is 0 Å². The molecule has 0 fully saturated rings. The van der Waals surface area contributed by atoms with Crippen molar-refractivity contribution in [3.63, 3.8) is 0 Å². The van der Waals surface area contributed by atoms with E-state index in [1.165, 1.54) is 6.20 Å². The number of aromatic nitrogens is 2. The predicted molar refractivity (Wildman–Crippen MR) is 54.8 cm³/mol. The van der Waals surface area contributed by atoms with Gasteiger partial charge in [-0.3, -0.25) is 0 Å². The Hall–Kier alpha value is -1.63. The summed E-state index contributed by atoms with van der Waals surface area (Å²) in [4.78, 5) is 10.0. The van der Waals surface area contributed by atoms with Gasteiger partial charge in [0, 0.05) is 13.7 Å². The molecule has 0 spiro atoms. The molecule has 1 rings (SSSR count). The average molecular weight is 214 g/mol. The van der Waals surface area contributed by atoms with E-state index in [2.05, 4.69) is 15.5 Å². The Morgan fingerprint density at radius 3 is 3.13 bits per heavy atom. The summed E-state index contributed by atoms with van der Waals surface area (Å²) in [6, 6.07) is 0. The highest BCUT2D eigenvalue weighted by Gasteiger charge is 2.14. The van der Waals surface area contributed by atoms with Gasteiger partial charge in [0.2, 0.25) is 0 Å². The van der Waals surface area contributed by atoms with Gasteiger partial charge in [-0.25, -0.2) is 0 Å². The van der Waals surface area contributed by atoms with Crippen molar-refractivity contribution in [1.29, 1.82) is 0 Å². The maximum absolute atomic E-state index is 10.5. The van der Waals surface area contributed by atoms with Gasteiger partial charge in [-0.15, -0.1) is 5.10 Å². The summed E-state index contributed by atoms with van der Waals surface area (Å²) in [5, 5.41) is 19.4. The van der Waals surface area contributed by atoms with Crippen LogP contribution >= 0.6 is 0 Å². The van der Waals surface area contributed by atoms with Crippen LogP contribution in [-0.4, -0.2) is 35.4 Å². The van der Waals surface area contributed by atoms with E-state index < -0.39 is 4.92 Å². The number of hydrogen-bond donors (Lipinski definition) is 2. The van der Waals surface area contributed by atoms with Gasteiger partial charge in [0.25, 0.3) is 0 Å². The van der Waals surface area contributed by atoms with Crippen LogP contribution < -0.4 is 5.32 Å². The van der Waals surface area contributed by atoms with Crippen LogP contribution in [0.4, 0.5) is 11.5 Å². The van der Waals surface area contributed by atoms with Crippen LogP contribution in [0.3, 0.4) is 0 Å². The third-order valence-corrected chi connectivity index (χ3v) is 1.89. The third-order valence-electron chi connectivity index (χ3n) is 1.89. The van der Waals surface area contributed by atoms with Crippen LogP contribution in [0.25, 0.3) is 0 Å². The first-order chi connectivity index (χ1) is 7.15. The molecule has 15 heavy (non-hydrogen) atoms. The highest BCUT2D eigenvalue weighted by Crippen LogP contribution is 2.19. The lowest BCUT2D eigenvalue weighted by molar-refractivity contribution is -0.388. The van der Waals surface area contributed by atoms with Crippen molar-refractivity contribution in [3.05, 3.63) is 16.3 Å².